The quantitative estimate of drug-likeness (QED) is 0.777. The average molecular weight is 357 g/mol. The molecule has 2 aliphatic rings. The van der Waals surface area contributed by atoms with Gasteiger partial charge in [0.15, 0.2) is 0 Å². The lowest BCUT2D eigenvalue weighted by molar-refractivity contribution is -0.0578. The van der Waals surface area contributed by atoms with Crippen molar-refractivity contribution in [2.45, 2.75) is 25.0 Å². The van der Waals surface area contributed by atoms with Gasteiger partial charge in [0, 0.05) is 38.9 Å². The highest BCUT2D eigenvalue weighted by Gasteiger charge is 2.33. The normalized spacial score (nSPS) is 23.8. The molecule has 2 aromatic heterocycles. The SMILES string of the molecule is CN1CCO[C@@H](CNc2cc(NCC3CC3)ncn2)[C@@H]1c1cncn1C. The highest BCUT2D eigenvalue weighted by molar-refractivity contribution is 5.46. The lowest BCUT2D eigenvalue weighted by Crippen LogP contribution is -2.46. The number of imidazole rings is 1. The fourth-order valence-electron chi connectivity index (χ4n) is 3.43. The van der Waals surface area contributed by atoms with Gasteiger partial charge in [-0.15, -0.1) is 0 Å². The van der Waals surface area contributed by atoms with Crippen LogP contribution in [0.2, 0.25) is 0 Å². The Labute approximate surface area is 154 Å². The van der Waals surface area contributed by atoms with Gasteiger partial charge >= 0.3 is 0 Å². The molecule has 0 aromatic carbocycles. The number of nitrogens with zero attached hydrogens (tertiary/aromatic N) is 5. The van der Waals surface area contributed by atoms with E-state index in [9.17, 15) is 0 Å². The number of anilines is 2. The van der Waals surface area contributed by atoms with E-state index in [4.69, 9.17) is 4.74 Å². The molecule has 8 heteroatoms. The zero-order valence-corrected chi connectivity index (χ0v) is 15.4. The Kier molecular flexibility index (Phi) is 5.03. The predicted octanol–water partition coefficient (Wildman–Crippen LogP) is 1.52. The summed E-state index contributed by atoms with van der Waals surface area (Å²) in [4.78, 5) is 15.2. The van der Waals surface area contributed by atoms with Gasteiger partial charge in [-0.25, -0.2) is 15.0 Å². The fourth-order valence-corrected chi connectivity index (χ4v) is 3.43. The monoisotopic (exact) mass is 357 g/mol. The van der Waals surface area contributed by atoms with E-state index in [1.165, 1.54) is 12.8 Å². The smallest absolute Gasteiger partial charge is 0.131 e. The summed E-state index contributed by atoms with van der Waals surface area (Å²) >= 11 is 0. The zero-order chi connectivity index (χ0) is 17.9. The number of hydrogen-bond acceptors (Lipinski definition) is 7. The van der Waals surface area contributed by atoms with Gasteiger partial charge in [0.1, 0.15) is 18.0 Å². The van der Waals surface area contributed by atoms with Crippen molar-refractivity contribution in [3.8, 4) is 0 Å². The van der Waals surface area contributed by atoms with E-state index in [1.807, 2.05) is 25.6 Å². The molecule has 1 saturated carbocycles. The second kappa shape index (κ2) is 7.59. The Hall–Kier alpha value is -2.19. The molecule has 0 spiro atoms. The summed E-state index contributed by atoms with van der Waals surface area (Å²) in [5.74, 6) is 2.50. The van der Waals surface area contributed by atoms with Crippen molar-refractivity contribution < 1.29 is 4.74 Å². The first-order chi connectivity index (χ1) is 12.7. The summed E-state index contributed by atoms with van der Waals surface area (Å²) < 4.78 is 8.14. The van der Waals surface area contributed by atoms with Crippen LogP contribution in [0.3, 0.4) is 0 Å². The second-order valence-corrected chi connectivity index (χ2v) is 7.26. The van der Waals surface area contributed by atoms with E-state index in [-0.39, 0.29) is 12.1 Å². The molecule has 2 N–H and O–H groups in total. The third-order valence-electron chi connectivity index (χ3n) is 5.18. The minimum absolute atomic E-state index is 0.0296. The molecule has 8 nitrogen and oxygen atoms in total. The highest BCUT2D eigenvalue weighted by atomic mass is 16.5. The van der Waals surface area contributed by atoms with Gasteiger partial charge in [-0.3, -0.25) is 4.90 Å². The molecule has 2 aromatic rings. The Morgan fingerprint density at radius 2 is 1.92 bits per heavy atom. The van der Waals surface area contributed by atoms with E-state index in [1.54, 1.807) is 6.33 Å². The molecule has 0 radical (unpaired) electrons. The maximum atomic E-state index is 6.07. The van der Waals surface area contributed by atoms with Gasteiger partial charge in [0.25, 0.3) is 0 Å². The van der Waals surface area contributed by atoms with Crippen LogP contribution in [0.25, 0.3) is 0 Å². The van der Waals surface area contributed by atoms with Crippen LogP contribution in [0.1, 0.15) is 24.6 Å². The lowest BCUT2D eigenvalue weighted by atomic mass is 10.0. The third kappa shape index (κ3) is 3.96. The maximum Gasteiger partial charge on any atom is 0.131 e. The van der Waals surface area contributed by atoms with Crippen LogP contribution in [0.5, 0.6) is 0 Å². The molecule has 1 aliphatic heterocycles. The molecule has 3 heterocycles. The summed E-state index contributed by atoms with van der Waals surface area (Å²) in [7, 11) is 4.16. The van der Waals surface area contributed by atoms with Crippen molar-refractivity contribution in [1.29, 1.82) is 0 Å². The topological polar surface area (TPSA) is 80.1 Å². The van der Waals surface area contributed by atoms with Crippen LogP contribution in [0.15, 0.2) is 24.9 Å². The molecule has 0 amide bonds. The number of ether oxygens (including phenoxy) is 1. The minimum atomic E-state index is 0.0296. The van der Waals surface area contributed by atoms with Gasteiger partial charge in [-0.2, -0.15) is 0 Å². The molecule has 0 bridgehead atoms. The van der Waals surface area contributed by atoms with E-state index in [2.05, 4.69) is 42.1 Å². The average Bonchev–Trinajstić information content (AvgIpc) is 3.39. The molecule has 2 atom stereocenters. The van der Waals surface area contributed by atoms with Crippen LogP contribution in [0, 0.1) is 5.92 Å². The number of aromatic nitrogens is 4. The third-order valence-corrected chi connectivity index (χ3v) is 5.18. The van der Waals surface area contributed by atoms with Gasteiger partial charge in [-0.1, -0.05) is 0 Å². The summed E-state index contributed by atoms with van der Waals surface area (Å²) in [6.45, 7) is 3.32. The number of hydrogen-bond donors (Lipinski definition) is 2. The maximum absolute atomic E-state index is 6.07. The second-order valence-electron chi connectivity index (χ2n) is 7.26. The Morgan fingerprint density at radius 3 is 2.62 bits per heavy atom. The standard InChI is InChI=1S/C18H27N7O/c1-24-5-6-26-15(18(24)14-9-19-12-25(14)2)10-21-17-7-16(22-11-23-17)20-8-13-3-4-13/h7,9,11-13,15,18H,3-6,8,10H2,1-2H3,(H2,20,21,22,23)/t15-,18-/m0/s1. The number of aryl methyl sites for hydroxylation is 1. The summed E-state index contributed by atoms with van der Waals surface area (Å²) in [6, 6.07) is 2.13. The lowest BCUT2D eigenvalue weighted by Gasteiger charge is -2.39. The number of morpholine rings is 1. The molecular weight excluding hydrogens is 330 g/mol. The van der Waals surface area contributed by atoms with Gasteiger partial charge in [0.2, 0.25) is 0 Å². The van der Waals surface area contributed by atoms with Crippen LogP contribution in [-0.2, 0) is 11.8 Å². The van der Waals surface area contributed by atoms with Crippen molar-refractivity contribution in [2.75, 3.05) is 43.9 Å². The molecule has 2 fully saturated rings. The van der Waals surface area contributed by atoms with E-state index in [0.717, 1.165) is 42.9 Å². The van der Waals surface area contributed by atoms with Crippen molar-refractivity contribution in [3.05, 3.63) is 30.6 Å². The van der Waals surface area contributed by atoms with E-state index < -0.39 is 0 Å². The first-order valence-corrected chi connectivity index (χ1v) is 9.28. The molecule has 1 aliphatic carbocycles. The number of rotatable bonds is 7. The summed E-state index contributed by atoms with van der Waals surface area (Å²) in [6.07, 6.45) is 8.04. The summed E-state index contributed by atoms with van der Waals surface area (Å²) in [5, 5.41) is 6.81. The molecule has 26 heavy (non-hydrogen) atoms. The molecular formula is C18H27N7O. The van der Waals surface area contributed by atoms with Gasteiger partial charge < -0.3 is 19.9 Å². The summed E-state index contributed by atoms with van der Waals surface area (Å²) in [5.41, 5.74) is 1.16. The molecule has 1 saturated heterocycles. The van der Waals surface area contributed by atoms with Crippen molar-refractivity contribution in [1.82, 2.24) is 24.4 Å². The van der Waals surface area contributed by atoms with Crippen LogP contribution in [0.4, 0.5) is 11.6 Å². The minimum Gasteiger partial charge on any atom is -0.373 e. The van der Waals surface area contributed by atoms with E-state index >= 15 is 0 Å². The number of nitrogens with one attached hydrogen (secondary N) is 2. The Morgan fingerprint density at radius 1 is 1.15 bits per heavy atom. The van der Waals surface area contributed by atoms with Crippen LogP contribution < -0.4 is 10.6 Å². The predicted molar refractivity (Wildman–Crippen MR) is 100 cm³/mol. The fraction of sp³-hybridized carbons (Fsp3) is 0.611. The largest absolute Gasteiger partial charge is 0.373 e. The molecule has 0 unspecified atom stereocenters. The van der Waals surface area contributed by atoms with Crippen LogP contribution in [-0.4, -0.2) is 63.8 Å². The van der Waals surface area contributed by atoms with Gasteiger partial charge in [-0.05, 0) is 25.8 Å². The molecule has 4 rings (SSSR count). The van der Waals surface area contributed by atoms with Crippen molar-refractivity contribution in [3.63, 3.8) is 0 Å². The highest BCUT2D eigenvalue weighted by Crippen LogP contribution is 2.29. The zero-order valence-electron chi connectivity index (χ0n) is 15.4. The van der Waals surface area contributed by atoms with Gasteiger partial charge in [0.05, 0.1) is 30.8 Å². The van der Waals surface area contributed by atoms with Crippen molar-refractivity contribution >= 4 is 11.6 Å². The first kappa shape index (κ1) is 17.2. The Bertz CT molecular complexity index is 730. The van der Waals surface area contributed by atoms with E-state index in [0.29, 0.717) is 6.54 Å². The molecule has 140 valence electrons. The Balaban J connectivity index is 1.40. The van der Waals surface area contributed by atoms with Crippen LogP contribution >= 0.6 is 0 Å². The number of likely N-dealkylation sites (N-methyl/N-ethyl adjacent to an activating group) is 1. The van der Waals surface area contributed by atoms with Crippen molar-refractivity contribution in [2.24, 2.45) is 13.0 Å². The first-order valence-electron chi connectivity index (χ1n) is 9.28.